The molecule has 3 aromatic rings. The van der Waals surface area contributed by atoms with E-state index in [0.717, 1.165) is 43.2 Å². The molecule has 45 heavy (non-hydrogen) atoms. The lowest BCUT2D eigenvalue weighted by Gasteiger charge is -2.44. The number of aliphatic carboxylic acids is 1. The maximum Gasteiger partial charge on any atom is 0.308 e. The smallest absolute Gasteiger partial charge is 0.308 e. The van der Waals surface area contributed by atoms with E-state index in [-0.39, 0.29) is 18.7 Å². The molecule has 11 heteroatoms. The third-order valence-electron chi connectivity index (χ3n) is 9.11. The van der Waals surface area contributed by atoms with Crippen LogP contribution in [0.25, 0.3) is 0 Å². The number of anilines is 1. The summed E-state index contributed by atoms with van der Waals surface area (Å²) >= 11 is 0. The standard InChI is InChI=1S/C34H43FN4O6/c1-5-8-24(9-6-2)39(25-10-11-27(35)22(3)16-25)31(20-40)38-19-26(23-17-29(43-4)33-30(18-23)44-21-45-33)32(34(41)42)28(38)12-15-37-14-7-13-36-37/h7,10-11,13-14,16-18,20,24,26,28,31-32H,5-6,8-9,12,15,19,21H2,1-4H3,(H,41,42). The number of hydrogen-bond donors (Lipinski definition) is 1. The number of aryl methyl sites for hydroxylation is 2. The number of nitrogens with zero attached hydrogens (tertiary/aromatic N) is 4. The molecule has 0 radical (unpaired) electrons. The molecule has 0 aliphatic carbocycles. The third-order valence-corrected chi connectivity index (χ3v) is 9.11. The van der Waals surface area contributed by atoms with E-state index in [1.807, 2.05) is 29.3 Å². The van der Waals surface area contributed by atoms with Crippen molar-refractivity contribution in [2.75, 3.05) is 25.3 Å². The van der Waals surface area contributed by atoms with Crippen LogP contribution in [0, 0.1) is 18.7 Å². The zero-order valence-electron chi connectivity index (χ0n) is 26.4. The number of carbonyl (C=O) groups is 2. The topological polar surface area (TPSA) is 106 Å². The van der Waals surface area contributed by atoms with Gasteiger partial charge in [0.1, 0.15) is 12.0 Å². The average Bonchev–Trinajstić information content (AvgIpc) is 3.80. The molecule has 1 saturated heterocycles. The van der Waals surface area contributed by atoms with Crippen molar-refractivity contribution in [3.8, 4) is 17.2 Å². The van der Waals surface area contributed by atoms with Gasteiger partial charge in [-0.2, -0.15) is 5.10 Å². The van der Waals surface area contributed by atoms with Crippen LogP contribution in [0.3, 0.4) is 0 Å². The summed E-state index contributed by atoms with van der Waals surface area (Å²) in [5.41, 5.74) is 1.96. The van der Waals surface area contributed by atoms with Crippen molar-refractivity contribution in [3.63, 3.8) is 0 Å². The van der Waals surface area contributed by atoms with Crippen molar-refractivity contribution < 1.29 is 33.3 Å². The molecule has 1 fully saturated rings. The Morgan fingerprint density at radius 1 is 1.22 bits per heavy atom. The minimum absolute atomic E-state index is 0.0141. The largest absolute Gasteiger partial charge is 0.493 e. The summed E-state index contributed by atoms with van der Waals surface area (Å²) in [5.74, 6) is -1.13. The second kappa shape index (κ2) is 14.3. The summed E-state index contributed by atoms with van der Waals surface area (Å²) < 4.78 is 33.1. The molecule has 3 heterocycles. The maximum atomic E-state index is 14.5. The van der Waals surface area contributed by atoms with Gasteiger partial charge >= 0.3 is 5.97 Å². The molecule has 1 N–H and O–H groups in total. The zero-order chi connectivity index (χ0) is 32.1. The normalized spacial score (nSPS) is 20.0. The highest BCUT2D eigenvalue weighted by atomic mass is 19.1. The lowest BCUT2D eigenvalue weighted by atomic mass is 9.84. The number of aldehydes is 1. The molecule has 2 aliphatic heterocycles. The van der Waals surface area contributed by atoms with E-state index in [1.54, 1.807) is 29.9 Å². The van der Waals surface area contributed by atoms with Gasteiger partial charge < -0.3 is 24.2 Å². The molecule has 1 aromatic heterocycles. The van der Waals surface area contributed by atoms with Crippen molar-refractivity contribution >= 4 is 17.9 Å². The van der Waals surface area contributed by atoms with Gasteiger partial charge in [-0.05, 0) is 73.7 Å². The van der Waals surface area contributed by atoms with Gasteiger partial charge in [0.2, 0.25) is 12.5 Å². The SMILES string of the molecule is CCCC(CCC)N(c1ccc(F)c(C)c1)C(C=O)N1CC(c2cc(OC)c3c(c2)OCO3)C(C(=O)O)C1CCn1cccn1. The second-order valence-corrected chi connectivity index (χ2v) is 11.9. The van der Waals surface area contributed by atoms with Crippen LogP contribution in [0.1, 0.15) is 63.0 Å². The van der Waals surface area contributed by atoms with Crippen molar-refractivity contribution in [2.45, 2.75) is 83.6 Å². The van der Waals surface area contributed by atoms with Gasteiger partial charge in [0.25, 0.3) is 0 Å². The van der Waals surface area contributed by atoms with Crippen LogP contribution >= 0.6 is 0 Å². The molecule has 5 rings (SSSR count). The number of fused-ring (bicyclic) bond motifs is 1. The second-order valence-electron chi connectivity index (χ2n) is 11.9. The summed E-state index contributed by atoms with van der Waals surface area (Å²) in [5, 5.41) is 15.1. The van der Waals surface area contributed by atoms with Gasteiger partial charge in [-0.15, -0.1) is 0 Å². The van der Waals surface area contributed by atoms with Crippen LogP contribution < -0.4 is 19.1 Å². The molecular weight excluding hydrogens is 579 g/mol. The number of carboxylic acid groups (broad SMARTS) is 1. The van der Waals surface area contributed by atoms with Crippen LogP contribution in [-0.2, 0) is 16.1 Å². The molecule has 4 atom stereocenters. The Labute approximate surface area is 263 Å². The summed E-state index contributed by atoms with van der Waals surface area (Å²) in [6.07, 6.45) is 7.55. The van der Waals surface area contributed by atoms with E-state index >= 15 is 0 Å². The average molecular weight is 623 g/mol. The van der Waals surface area contributed by atoms with Crippen LogP contribution in [0.4, 0.5) is 10.1 Å². The monoisotopic (exact) mass is 622 g/mol. The van der Waals surface area contributed by atoms with Crippen LogP contribution in [0.2, 0.25) is 0 Å². The number of methoxy groups -OCH3 is 1. The molecular formula is C34H43FN4O6. The Morgan fingerprint density at radius 2 is 2.00 bits per heavy atom. The van der Waals surface area contributed by atoms with E-state index in [0.29, 0.717) is 42.3 Å². The maximum absolute atomic E-state index is 14.5. The third kappa shape index (κ3) is 6.63. The van der Waals surface area contributed by atoms with Crippen LogP contribution in [-0.4, -0.2) is 70.7 Å². The first kappa shape index (κ1) is 32.3. The fourth-order valence-electron chi connectivity index (χ4n) is 7.07. The molecule has 242 valence electrons. The Hall–Kier alpha value is -4.12. The van der Waals surface area contributed by atoms with E-state index in [4.69, 9.17) is 14.2 Å². The first-order valence-corrected chi connectivity index (χ1v) is 15.7. The highest BCUT2D eigenvalue weighted by Crippen LogP contribution is 2.48. The number of halogens is 1. The summed E-state index contributed by atoms with van der Waals surface area (Å²) in [7, 11) is 1.54. The minimum Gasteiger partial charge on any atom is -0.493 e. The number of aromatic nitrogens is 2. The Balaban J connectivity index is 1.62. The number of carboxylic acids is 1. The molecule has 0 bridgehead atoms. The van der Waals surface area contributed by atoms with Crippen LogP contribution in [0.15, 0.2) is 48.8 Å². The molecule has 10 nitrogen and oxygen atoms in total. The highest BCUT2D eigenvalue weighted by Gasteiger charge is 2.50. The lowest BCUT2D eigenvalue weighted by molar-refractivity contribution is -0.143. The first-order chi connectivity index (χ1) is 21.8. The quantitative estimate of drug-likeness (QED) is 0.216. The molecule has 0 spiro atoms. The highest BCUT2D eigenvalue weighted by molar-refractivity contribution is 5.74. The number of likely N-dealkylation sites (tertiary alicyclic amines) is 1. The van der Waals surface area contributed by atoms with Gasteiger partial charge in [-0.25, -0.2) is 4.39 Å². The van der Waals surface area contributed by atoms with Gasteiger partial charge in [0, 0.05) is 49.2 Å². The van der Waals surface area contributed by atoms with E-state index in [9.17, 15) is 19.1 Å². The van der Waals surface area contributed by atoms with Gasteiger partial charge in [-0.3, -0.25) is 19.2 Å². The molecule has 2 aromatic carbocycles. The van der Waals surface area contributed by atoms with Crippen molar-refractivity contribution in [1.82, 2.24) is 14.7 Å². The van der Waals surface area contributed by atoms with Gasteiger partial charge in [0.15, 0.2) is 17.8 Å². The predicted octanol–water partition coefficient (Wildman–Crippen LogP) is 5.63. The Kier molecular flexibility index (Phi) is 10.3. The molecule has 0 saturated carbocycles. The van der Waals surface area contributed by atoms with Gasteiger partial charge in [0.05, 0.1) is 13.0 Å². The number of ether oxygens (including phenoxy) is 3. The first-order valence-electron chi connectivity index (χ1n) is 15.7. The molecule has 2 aliphatic rings. The van der Waals surface area contributed by atoms with Crippen LogP contribution in [0.5, 0.6) is 17.2 Å². The number of benzene rings is 2. The van der Waals surface area contributed by atoms with E-state index < -0.39 is 30.0 Å². The van der Waals surface area contributed by atoms with Crippen molar-refractivity contribution in [2.24, 2.45) is 5.92 Å². The fraction of sp³-hybridized carbons (Fsp3) is 0.500. The molecule has 0 amide bonds. The lowest BCUT2D eigenvalue weighted by Crippen LogP contribution is -2.56. The van der Waals surface area contributed by atoms with Crippen molar-refractivity contribution in [3.05, 3.63) is 65.7 Å². The summed E-state index contributed by atoms with van der Waals surface area (Å²) in [6.45, 7) is 6.76. The van der Waals surface area contributed by atoms with E-state index in [1.165, 1.54) is 13.2 Å². The minimum atomic E-state index is -0.947. The summed E-state index contributed by atoms with van der Waals surface area (Å²) in [6, 6.07) is 9.89. The molecule has 4 unspecified atom stereocenters. The predicted molar refractivity (Wildman–Crippen MR) is 167 cm³/mol. The fourth-order valence-corrected chi connectivity index (χ4v) is 7.07. The Morgan fingerprint density at radius 3 is 2.62 bits per heavy atom. The van der Waals surface area contributed by atoms with Gasteiger partial charge in [-0.1, -0.05) is 26.7 Å². The number of hydrogen-bond acceptors (Lipinski definition) is 8. The zero-order valence-corrected chi connectivity index (χ0v) is 26.4. The van der Waals surface area contributed by atoms with E-state index in [2.05, 4.69) is 23.8 Å². The van der Waals surface area contributed by atoms with Crippen molar-refractivity contribution in [1.29, 1.82) is 0 Å². The number of rotatable bonds is 15. The Bertz CT molecular complexity index is 1460. The number of carbonyl (C=O) groups excluding carboxylic acids is 1. The summed E-state index contributed by atoms with van der Waals surface area (Å²) in [4.78, 5) is 30.7.